The molecule has 18 heavy (non-hydrogen) atoms. The molecule has 102 valence electrons. The third-order valence-corrected chi connectivity index (χ3v) is 3.29. The monoisotopic (exact) mass is 252 g/mol. The van der Waals surface area contributed by atoms with Crippen molar-refractivity contribution in [1.29, 1.82) is 0 Å². The molecule has 0 bridgehead atoms. The van der Waals surface area contributed by atoms with Crippen LogP contribution in [0.2, 0.25) is 0 Å². The molecule has 1 unspecified atom stereocenters. The molecule has 3 N–H and O–H groups in total. The third kappa shape index (κ3) is 4.87. The molecule has 1 atom stereocenters. The maximum Gasteiger partial charge on any atom is 0.222 e. The quantitative estimate of drug-likeness (QED) is 0.736. The van der Waals surface area contributed by atoms with Crippen LogP contribution in [0.3, 0.4) is 0 Å². The largest absolute Gasteiger partial charge is 0.347 e. The Bertz CT molecular complexity index is 337. The number of aromatic amines is 1. The summed E-state index contributed by atoms with van der Waals surface area (Å²) in [5, 5.41) is 0. The first-order chi connectivity index (χ1) is 8.67. The Hall–Kier alpha value is -1.36. The van der Waals surface area contributed by atoms with Crippen LogP contribution in [0.4, 0.5) is 0 Å². The molecular formula is C13H24N4O. The molecule has 0 aliphatic rings. The Labute approximate surface area is 109 Å². The van der Waals surface area contributed by atoms with Crippen molar-refractivity contribution in [1.82, 2.24) is 14.9 Å². The number of imidazole rings is 1. The topological polar surface area (TPSA) is 75.0 Å². The van der Waals surface area contributed by atoms with Gasteiger partial charge in [-0.2, -0.15) is 0 Å². The lowest BCUT2D eigenvalue weighted by atomic mass is 9.96. The first kappa shape index (κ1) is 14.7. The van der Waals surface area contributed by atoms with E-state index in [0.717, 1.165) is 25.1 Å². The smallest absolute Gasteiger partial charge is 0.222 e. The van der Waals surface area contributed by atoms with Gasteiger partial charge < -0.3 is 15.6 Å². The van der Waals surface area contributed by atoms with E-state index in [4.69, 9.17) is 5.73 Å². The lowest BCUT2D eigenvalue weighted by molar-refractivity contribution is -0.130. The highest BCUT2D eigenvalue weighted by Crippen LogP contribution is 2.15. The van der Waals surface area contributed by atoms with Crippen LogP contribution in [-0.2, 0) is 11.3 Å². The summed E-state index contributed by atoms with van der Waals surface area (Å²) < 4.78 is 0. The summed E-state index contributed by atoms with van der Waals surface area (Å²) in [6.45, 7) is 3.39. The number of hydrogen-bond donors (Lipinski definition) is 2. The summed E-state index contributed by atoms with van der Waals surface area (Å²) in [5.41, 5.74) is 5.55. The molecule has 0 aliphatic heterocycles. The van der Waals surface area contributed by atoms with Crippen LogP contribution in [-0.4, -0.2) is 34.4 Å². The van der Waals surface area contributed by atoms with E-state index in [1.54, 1.807) is 17.3 Å². The second-order valence-corrected chi connectivity index (χ2v) is 4.68. The highest BCUT2D eigenvalue weighted by atomic mass is 16.2. The van der Waals surface area contributed by atoms with E-state index in [1.807, 2.05) is 7.05 Å². The SMILES string of the molecule is CCC(CCN)CCC(=O)N(C)Cc1ncc[nH]1. The van der Waals surface area contributed by atoms with Crippen molar-refractivity contribution in [3.8, 4) is 0 Å². The van der Waals surface area contributed by atoms with Crippen molar-refractivity contribution in [3.05, 3.63) is 18.2 Å². The molecule has 0 aromatic carbocycles. The van der Waals surface area contributed by atoms with Crippen LogP contribution >= 0.6 is 0 Å². The van der Waals surface area contributed by atoms with Gasteiger partial charge in [-0.05, 0) is 25.3 Å². The summed E-state index contributed by atoms with van der Waals surface area (Å²) in [6, 6.07) is 0. The molecular weight excluding hydrogens is 228 g/mol. The van der Waals surface area contributed by atoms with Crippen LogP contribution in [0.1, 0.15) is 38.4 Å². The van der Waals surface area contributed by atoms with E-state index in [9.17, 15) is 4.79 Å². The first-order valence-electron chi connectivity index (χ1n) is 6.59. The minimum Gasteiger partial charge on any atom is -0.347 e. The van der Waals surface area contributed by atoms with Crippen molar-refractivity contribution in [2.45, 2.75) is 39.2 Å². The van der Waals surface area contributed by atoms with E-state index in [2.05, 4.69) is 16.9 Å². The Balaban J connectivity index is 2.31. The van der Waals surface area contributed by atoms with E-state index in [-0.39, 0.29) is 5.91 Å². The van der Waals surface area contributed by atoms with Crippen LogP contribution in [0, 0.1) is 5.92 Å². The predicted octanol–water partition coefficient (Wildman–Crippen LogP) is 1.52. The standard InChI is InChI=1S/C13H24N4O/c1-3-11(6-7-14)4-5-13(18)17(2)10-12-15-8-9-16-12/h8-9,11H,3-7,10,14H2,1-2H3,(H,15,16). The van der Waals surface area contributed by atoms with E-state index in [0.29, 0.717) is 25.4 Å². The highest BCUT2D eigenvalue weighted by molar-refractivity contribution is 5.75. The summed E-state index contributed by atoms with van der Waals surface area (Å²) in [7, 11) is 1.81. The molecule has 1 aromatic rings. The van der Waals surface area contributed by atoms with E-state index in [1.165, 1.54) is 0 Å². The van der Waals surface area contributed by atoms with Gasteiger partial charge in [0.1, 0.15) is 5.82 Å². The summed E-state index contributed by atoms with van der Waals surface area (Å²) in [5.74, 6) is 1.55. The summed E-state index contributed by atoms with van der Waals surface area (Å²) in [6.07, 6.45) is 7.08. The fourth-order valence-corrected chi connectivity index (χ4v) is 2.00. The van der Waals surface area contributed by atoms with E-state index < -0.39 is 0 Å². The van der Waals surface area contributed by atoms with Gasteiger partial charge in [0.2, 0.25) is 5.91 Å². The van der Waals surface area contributed by atoms with Crippen LogP contribution in [0.15, 0.2) is 12.4 Å². The minimum atomic E-state index is 0.168. The number of amides is 1. The van der Waals surface area contributed by atoms with Gasteiger partial charge in [0.05, 0.1) is 6.54 Å². The lowest BCUT2D eigenvalue weighted by Crippen LogP contribution is -2.27. The summed E-state index contributed by atoms with van der Waals surface area (Å²) >= 11 is 0. The fraction of sp³-hybridized carbons (Fsp3) is 0.692. The Morgan fingerprint density at radius 1 is 1.56 bits per heavy atom. The molecule has 1 aromatic heterocycles. The number of H-pyrrole nitrogens is 1. The lowest BCUT2D eigenvalue weighted by Gasteiger charge is -2.18. The minimum absolute atomic E-state index is 0.168. The molecule has 0 saturated carbocycles. The number of nitrogens with zero attached hydrogens (tertiary/aromatic N) is 2. The number of hydrogen-bond acceptors (Lipinski definition) is 3. The van der Waals surface area contributed by atoms with Crippen molar-refractivity contribution in [2.24, 2.45) is 11.7 Å². The van der Waals surface area contributed by atoms with Crippen molar-refractivity contribution in [2.75, 3.05) is 13.6 Å². The second kappa shape index (κ2) is 7.87. The van der Waals surface area contributed by atoms with Crippen molar-refractivity contribution < 1.29 is 4.79 Å². The molecule has 0 fully saturated rings. The first-order valence-corrected chi connectivity index (χ1v) is 6.59. The molecule has 0 saturated heterocycles. The number of nitrogens with one attached hydrogen (secondary N) is 1. The molecule has 0 aliphatic carbocycles. The average Bonchev–Trinajstić information content (AvgIpc) is 2.86. The maximum absolute atomic E-state index is 11.9. The zero-order valence-corrected chi connectivity index (χ0v) is 11.4. The summed E-state index contributed by atoms with van der Waals surface area (Å²) in [4.78, 5) is 20.8. The zero-order valence-electron chi connectivity index (χ0n) is 11.4. The van der Waals surface area contributed by atoms with Crippen LogP contribution < -0.4 is 5.73 Å². The highest BCUT2D eigenvalue weighted by Gasteiger charge is 2.13. The van der Waals surface area contributed by atoms with Gasteiger partial charge >= 0.3 is 0 Å². The third-order valence-electron chi connectivity index (χ3n) is 3.29. The zero-order chi connectivity index (χ0) is 13.4. The second-order valence-electron chi connectivity index (χ2n) is 4.68. The van der Waals surface area contributed by atoms with Crippen molar-refractivity contribution in [3.63, 3.8) is 0 Å². The van der Waals surface area contributed by atoms with Gasteiger partial charge in [-0.1, -0.05) is 13.3 Å². The van der Waals surface area contributed by atoms with Crippen LogP contribution in [0.25, 0.3) is 0 Å². The molecule has 1 amide bonds. The predicted molar refractivity (Wildman–Crippen MR) is 71.7 cm³/mol. The normalized spacial score (nSPS) is 12.4. The number of carbonyl (C=O) groups is 1. The Kier molecular flexibility index (Phi) is 6.43. The van der Waals surface area contributed by atoms with Gasteiger partial charge in [0.25, 0.3) is 0 Å². The number of nitrogens with two attached hydrogens (primary N) is 1. The fourth-order valence-electron chi connectivity index (χ4n) is 2.00. The Morgan fingerprint density at radius 2 is 2.33 bits per heavy atom. The number of carbonyl (C=O) groups excluding carboxylic acids is 1. The van der Waals surface area contributed by atoms with Gasteiger partial charge in [-0.3, -0.25) is 4.79 Å². The van der Waals surface area contributed by atoms with E-state index >= 15 is 0 Å². The molecule has 1 heterocycles. The number of aromatic nitrogens is 2. The number of rotatable bonds is 8. The molecule has 0 radical (unpaired) electrons. The van der Waals surface area contributed by atoms with Gasteiger partial charge in [0.15, 0.2) is 0 Å². The Morgan fingerprint density at radius 3 is 2.89 bits per heavy atom. The van der Waals surface area contributed by atoms with Crippen LogP contribution in [0.5, 0.6) is 0 Å². The van der Waals surface area contributed by atoms with Gasteiger partial charge in [0, 0.05) is 25.9 Å². The average molecular weight is 252 g/mol. The molecule has 5 nitrogen and oxygen atoms in total. The molecule has 1 rings (SSSR count). The van der Waals surface area contributed by atoms with Crippen molar-refractivity contribution >= 4 is 5.91 Å². The van der Waals surface area contributed by atoms with Gasteiger partial charge in [-0.15, -0.1) is 0 Å². The maximum atomic E-state index is 11.9. The van der Waals surface area contributed by atoms with Gasteiger partial charge in [-0.25, -0.2) is 4.98 Å². The molecule has 0 spiro atoms. The molecule has 5 heteroatoms.